The van der Waals surface area contributed by atoms with Crippen molar-refractivity contribution in [2.75, 3.05) is 0 Å². The number of rotatable bonds is 3. The number of amides is 1. The highest BCUT2D eigenvalue weighted by Crippen LogP contribution is 2.37. The van der Waals surface area contributed by atoms with E-state index in [-0.39, 0.29) is 11.3 Å². The molecule has 1 unspecified atom stereocenters. The van der Waals surface area contributed by atoms with Crippen LogP contribution >= 0.6 is 15.9 Å². The zero-order valence-electron chi connectivity index (χ0n) is 16.7. The van der Waals surface area contributed by atoms with E-state index in [1.54, 1.807) is 30.1 Å². The highest BCUT2D eigenvalue weighted by Gasteiger charge is 2.46. The van der Waals surface area contributed by atoms with Crippen LogP contribution in [-0.4, -0.2) is 38.5 Å². The number of fused-ring (bicyclic) bond motifs is 2. The molecule has 5 rings (SSSR count). The number of benzene rings is 2. The number of carbonyl (C=O) groups is 1. The van der Waals surface area contributed by atoms with Crippen LogP contribution in [0, 0.1) is 11.6 Å². The number of pyridine rings is 1. The molecule has 0 saturated heterocycles. The molecule has 32 heavy (non-hydrogen) atoms. The molecule has 1 amide bonds. The maximum Gasteiger partial charge on any atom is 0.258 e. The van der Waals surface area contributed by atoms with Crippen LogP contribution in [0.2, 0.25) is 0 Å². The van der Waals surface area contributed by atoms with Gasteiger partial charge in [-0.1, -0.05) is 12.1 Å². The van der Waals surface area contributed by atoms with Crippen molar-refractivity contribution in [1.29, 1.82) is 0 Å². The van der Waals surface area contributed by atoms with E-state index in [0.717, 1.165) is 10.3 Å². The Morgan fingerprint density at radius 2 is 1.91 bits per heavy atom. The van der Waals surface area contributed by atoms with Crippen molar-refractivity contribution >= 4 is 40.6 Å². The largest absolute Gasteiger partial charge is 0.374 e. The number of aromatic nitrogens is 3. The van der Waals surface area contributed by atoms with E-state index in [2.05, 4.69) is 26.0 Å². The highest BCUT2D eigenvalue weighted by atomic mass is 79.9. The monoisotopic (exact) mass is 494 g/mol. The minimum Gasteiger partial charge on any atom is -0.374 e. The van der Waals surface area contributed by atoms with Crippen molar-refractivity contribution < 1.29 is 18.7 Å². The lowest BCUT2D eigenvalue weighted by Crippen LogP contribution is -2.44. The predicted octanol–water partition coefficient (Wildman–Crippen LogP) is 3.60. The Kier molecular flexibility index (Phi) is 4.68. The Morgan fingerprint density at radius 3 is 2.62 bits per heavy atom. The average Bonchev–Trinajstić information content (AvgIpc) is 3.19. The van der Waals surface area contributed by atoms with Crippen LogP contribution in [0.4, 0.5) is 8.78 Å². The lowest BCUT2D eigenvalue weighted by atomic mass is 9.87. The van der Waals surface area contributed by atoms with E-state index in [1.807, 2.05) is 6.07 Å². The molecule has 1 N–H and O–H groups in total. The first-order chi connectivity index (χ1) is 15.2. The minimum atomic E-state index is -2.30. The van der Waals surface area contributed by atoms with Crippen LogP contribution in [0.5, 0.6) is 0 Å². The summed E-state index contributed by atoms with van der Waals surface area (Å²) in [5.41, 5.74) is -1.07. The van der Waals surface area contributed by atoms with Gasteiger partial charge in [0.2, 0.25) is 0 Å². The Labute approximate surface area is 191 Å². The lowest BCUT2D eigenvalue weighted by molar-refractivity contribution is -0.0231. The van der Waals surface area contributed by atoms with E-state index < -0.39 is 35.3 Å². The molecular formula is C22H14BBrF2N4O2. The first-order valence-corrected chi connectivity index (χ1v) is 10.4. The minimum absolute atomic E-state index is 0.0602. The molecule has 0 fully saturated rings. The number of hydrogen-bond donors (Lipinski definition) is 1. The molecule has 2 radical (unpaired) electrons. The molecule has 4 aromatic rings. The molecular weight excluding hydrogens is 481 g/mol. The van der Waals surface area contributed by atoms with E-state index in [4.69, 9.17) is 7.85 Å². The fraction of sp³-hybridized carbons (Fsp3) is 0.136. The van der Waals surface area contributed by atoms with Crippen molar-refractivity contribution in [2.45, 2.75) is 12.2 Å². The third kappa shape index (κ3) is 3.13. The SMILES string of the molecule is [B]C1(O)c2ncc(Br)cc2C(=O)N1Cc1c(F)cc(-c2cccc3nn(C)cc23)cc1F. The van der Waals surface area contributed by atoms with Gasteiger partial charge in [-0.2, -0.15) is 5.10 Å². The van der Waals surface area contributed by atoms with Crippen molar-refractivity contribution in [3.8, 4) is 11.1 Å². The highest BCUT2D eigenvalue weighted by molar-refractivity contribution is 9.10. The molecule has 1 aliphatic heterocycles. The van der Waals surface area contributed by atoms with Gasteiger partial charge in [-0.25, -0.2) is 8.78 Å². The van der Waals surface area contributed by atoms with Crippen LogP contribution in [0.3, 0.4) is 0 Å². The van der Waals surface area contributed by atoms with Crippen molar-refractivity contribution in [3.05, 3.63) is 81.7 Å². The molecule has 0 spiro atoms. The third-order valence-corrected chi connectivity index (χ3v) is 5.96. The van der Waals surface area contributed by atoms with Gasteiger partial charge in [0.1, 0.15) is 17.3 Å². The van der Waals surface area contributed by atoms with Crippen LogP contribution in [0.15, 0.2) is 53.3 Å². The number of halogens is 3. The molecule has 1 aliphatic rings. The summed E-state index contributed by atoms with van der Waals surface area (Å²) in [6.45, 7) is -0.575. The Morgan fingerprint density at radius 1 is 1.19 bits per heavy atom. The number of hydrogen-bond acceptors (Lipinski definition) is 4. The van der Waals surface area contributed by atoms with Crippen LogP contribution in [-0.2, 0) is 19.2 Å². The van der Waals surface area contributed by atoms with Gasteiger partial charge in [-0.05, 0) is 51.3 Å². The van der Waals surface area contributed by atoms with Gasteiger partial charge in [0.15, 0.2) is 7.85 Å². The molecule has 6 nitrogen and oxygen atoms in total. The lowest BCUT2D eigenvalue weighted by Gasteiger charge is -2.31. The van der Waals surface area contributed by atoms with E-state index in [0.29, 0.717) is 21.1 Å². The van der Waals surface area contributed by atoms with Crippen molar-refractivity contribution in [1.82, 2.24) is 19.7 Å². The van der Waals surface area contributed by atoms with Gasteiger partial charge in [-0.3, -0.25) is 14.5 Å². The van der Waals surface area contributed by atoms with E-state index >= 15 is 8.78 Å². The first-order valence-electron chi connectivity index (χ1n) is 9.56. The van der Waals surface area contributed by atoms with Crippen molar-refractivity contribution in [3.63, 3.8) is 0 Å². The molecule has 2 aromatic heterocycles. The number of nitrogens with zero attached hydrogens (tertiary/aromatic N) is 4. The number of aliphatic hydroxyl groups is 1. The zero-order chi connectivity index (χ0) is 22.8. The molecule has 1 atom stereocenters. The zero-order valence-corrected chi connectivity index (χ0v) is 18.3. The normalized spacial score (nSPS) is 17.9. The summed E-state index contributed by atoms with van der Waals surface area (Å²) in [6.07, 6.45) is 3.15. The summed E-state index contributed by atoms with van der Waals surface area (Å²) in [4.78, 5) is 17.6. The molecule has 10 heteroatoms. The number of carbonyl (C=O) groups excluding carboxylic acids is 1. The van der Waals surface area contributed by atoms with Crippen LogP contribution in [0.25, 0.3) is 22.0 Å². The van der Waals surface area contributed by atoms with Gasteiger partial charge < -0.3 is 10.0 Å². The second-order valence-electron chi connectivity index (χ2n) is 7.63. The second-order valence-corrected chi connectivity index (χ2v) is 8.54. The summed E-state index contributed by atoms with van der Waals surface area (Å²) in [5, 5.41) is 15.8. The van der Waals surface area contributed by atoms with Crippen LogP contribution in [0.1, 0.15) is 21.6 Å². The topological polar surface area (TPSA) is 71.2 Å². The predicted molar refractivity (Wildman–Crippen MR) is 118 cm³/mol. The Hall–Kier alpha value is -3.11. The summed E-state index contributed by atoms with van der Waals surface area (Å²) in [5.74, 6) is -2.41. The Balaban J connectivity index is 1.54. The molecule has 0 saturated carbocycles. The van der Waals surface area contributed by atoms with Gasteiger partial charge in [0, 0.05) is 34.9 Å². The second kappa shape index (κ2) is 7.21. The molecule has 2 aromatic carbocycles. The molecule has 0 bridgehead atoms. The maximum absolute atomic E-state index is 15.1. The quantitative estimate of drug-likeness (QED) is 0.442. The van der Waals surface area contributed by atoms with Crippen LogP contribution < -0.4 is 0 Å². The summed E-state index contributed by atoms with van der Waals surface area (Å²) in [6, 6.07) is 9.16. The van der Waals surface area contributed by atoms with Gasteiger partial charge in [0.05, 0.1) is 23.3 Å². The summed E-state index contributed by atoms with van der Waals surface area (Å²) < 4.78 is 32.3. The summed E-state index contributed by atoms with van der Waals surface area (Å²) in [7, 11) is 7.70. The summed E-state index contributed by atoms with van der Waals surface area (Å²) >= 11 is 3.21. The Bertz CT molecular complexity index is 1400. The maximum atomic E-state index is 15.1. The molecule has 0 aliphatic carbocycles. The number of aryl methyl sites for hydroxylation is 1. The van der Waals surface area contributed by atoms with E-state index in [1.165, 1.54) is 24.4 Å². The van der Waals surface area contributed by atoms with Gasteiger partial charge in [0.25, 0.3) is 5.91 Å². The van der Waals surface area contributed by atoms with Gasteiger partial charge in [-0.15, -0.1) is 0 Å². The fourth-order valence-electron chi connectivity index (χ4n) is 4.00. The third-order valence-electron chi connectivity index (χ3n) is 5.52. The van der Waals surface area contributed by atoms with E-state index in [9.17, 15) is 9.90 Å². The first kappa shape index (κ1) is 20.8. The van der Waals surface area contributed by atoms with Gasteiger partial charge >= 0.3 is 0 Å². The van der Waals surface area contributed by atoms with Crippen molar-refractivity contribution in [2.24, 2.45) is 7.05 Å². The molecule has 3 heterocycles. The average molecular weight is 495 g/mol. The molecule has 158 valence electrons. The smallest absolute Gasteiger partial charge is 0.258 e. The fourth-order valence-corrected chi connectivity index (χ4v) is 4.33. The standard InChI is InChI=1S/C22H14BBrF2N4O2/c1-29-9-15-13(3-2-4-19(15)28-29)11-5-17(25)16(18(26)6-11)10-30-21(31)14-7-12(24)8-27-20(14)22(30,23)32/h2-9,32H,10H2,1H3.